The molecule has 0 aliphatic heterocycles. The van der Waals surface area contributed by atoms with Crippen molar-refractivity contribution in [1.29, 1.82) is 0 Å². The summed E-state index contributed by atoms with van der Waals surface area (Å²) < 4.78 is 13.1. The lowest BCUT2D eigenvalue weighted by atomic mass is 10.2. The number of aliphatic carboxylic acids is 1. The lowest BCUT2D eigenvalue weighted by Gasteiger charge is -2.04. The maximum absolute atomic E-state index is 13.1. The number of carboxylic acid groups (broad SMARTS) is 1. The Bertz CT molecular complexity index is 568. The summed E-state index contributed by atoms with van der Waals surface area (Å²) in [6, 6.07) is 5.31. The van der Waals surface area contributed by atoms with Crippen LogP contribution in [-0.2, 0) is 4.79 Å². The summed E-state index contributed by atoms with van der Waals surface area (Å²) in [6.07, 6.45) is 1.29. The molecule has 1 aromatic carbocycles. The number of carboxylic acids is 1. The fourth-order valence-corrected chi connectivity index (χ4v) is 1.61. The maximum atomic E-state index is 13.1. The zero-order valence-corrected chi connectivity index (χ0v) is 9.43. The summed E-state index contributed by atoms with van der Waals surface area (Å²) in [5, 5.41) is 8.63. The van der Waals surface area contributed by atoms with Gasteiger partial charge in [-0.25, -0.2) is 9.37 Å². The number of nitrogens with two attached hydrogens (primary N) is 1. The lowest BCUT2D eigenvalue weighted by Crippen LogP contribution is -2.16. The van der Waals surface area contributed by atoms with E-state index in [1.165, 1.54) is 18.3 Å². The number of carbonyl (C=O) groups is 1. The standard InChI is InChI=1S/C12H12FN3O2/c13-8-3-1-2-7(4-8)10-6-15-12(16-10)9(14)5-11(17)18/h1-4,6,9H,5,14H2,(H,15,16)(H,17,18). The third kappa shape index (κ3) is 2.72. The summed E-state index contributed by atoms with van der Waals surface area (Å²) in [5.74, 6) is -0.971. The Morgan fingerprint density at radius 3 is 3.00 bits per heavy atom. The van der Waals surface area contributed by atoms with E-state index in [0.717, 1.165) is 0 Å². The number of hydrogen-bond donors (Lipinski definition) is 3. The number of nitrogens with one attached hydrogen (secondary N) is 1. The van der Waals surface area contributed by atoms with E-state index in [1.54, 1.807) is 12.1 Å². The van der Waals surface area contributed by atoms with Crippen LogP contribution in [0.1, 0.15) is 18.3 Å². The maximum Gasteiger partial charge on any atom is 0.305 e. The van der Waals surface area contributed by atoms with Crippen molar-refractivity contribution in [2.24, 2.45) is 5.73 Å². The first-order chi connectivity index (χ1) is 8.56. The second-order valence-corrected chi connectivity index (χ2v) is 3.90. The van der Waals surface area contributed by atoms with E-state index in [4.69, 9.17) is 10.8 Å². The van der Waals surface area contributed by atoms with E-state index in [1.807, 2.05) is 0 Å². The van der Waals surface area contributed by atoms with E-state index >= 15 is 0 Å². The molecule has 1 unspecified atom stereocenters. The molecule has 0 saturated carbocycles. The average molecular weight is 249 g/mol. The van der Waals surface area contributed by atoms with Gasteiger partial charge in [-0.1, -0.05) is 12.1 Å². The molecule has 2 rings (SSSR count). The molecule has 0 saturated heterocycles. The molecule has 18 heavy (non-hydrogen) atoms. The first kappa shape index (κ1) is 12.3. The molecule has 4 N–H and O–H groups in total. The number of H-pyrrole nitrogens is 1. The Balaban J connectivity index is 2.22. The van der Waals surface area contributed by atoms with Crippen LogP contribution in [0.15, 0.2) is 30.5 Å². The van der Waals surface area contributed by atoms with Crippen LogP contribution in [0.2, 0.25) is 0 Å². The molecule has 1 aromatic heterocycles. The Morgan fingerprint density at radius 1 is 1.56 bits per heavy atom. The molecular weight excluding hydrogens is 237 g/mol. The summed E-state index contributed by atoms with van der Waals surface area (Å²) in [6.45, 7) is 0. The minimum atomic E-state index is -0.994. The SMILES string of the molecule is NC(CC(=O)O)c1ncc(-c2cccc(F)c2)[nH]1. The fraction of sp³-hybridized carbons (Fsp3) is 0.167. The molecule has 0 aliphatic rings. The second-order valence-electron chi connectivity index (χ2n) is 3.90. The number of nitrogens with zero attached hydrogens (tertiary/aromatic N) is 1. The minimum Gasteiger partial charge on any atom is -0.481 e. The van der Waals surface area contributed by atoms with Crippen molar-refractivity contribution in [3.63, 3.8) is 0 Å². The van der Waals surface area contributed by atoms with Crippen molar-refractivity contribution in [3.05, 3.63) is 42.1 Å². The number of benzene rings is 1. The highest BCUT2D eigenvalue weighted by Gasteiger charge is 2.14. The fourth-order valence-electron chi connectivity index (χ4n) is 1.61. The van der Waals surface area contributed by atoms with Crippen molar-refractivity contribution in [2.75, 3.05) is 0 Å². The van der Waals surface area contributed by atoms with Crippen molar-refractivity contribution >= 4 is 5.97 Å². The van der Waals surface area contributed by atoms with Crippen molar-refractivity contribution < 1.29 is 14.3 Å². The highest BCUT2D eigenvalue weighted by Crippen LogP contribution is 2.20. The van der Waals surface area contributed by atoms with Gasteiger partial charge in [0.05, 0.1) is 24.4 Å². The molecule has 0 fully saturated rings. The highest BCUT2D eigenvalue weighted by atomic mass is 19.1. The molecule has 6 heteroatoms. The molecule has 94 valence electrons. The lowest BCUT2D eigenvalue weighted by molar-refractivity contribution is -0.137. The Morgan fingerprint density at radius 2 is 2.33 bits per heavy atom. The Kier molecular flexibility index (Phi) is 3.38. The first-order valence-electron chi connectivity index (χ1n) is 5.34. The van der Waals surface area contributed by atoms with Crippen LogP contribution < -0.4 is 5.73 Å². The summed E-state index contributed by atoms with van der Waals surface area (Å²) >= 11 is 0. The first-order valence-corrected chi connectivity index (χ1v) is 5.34. The largest absolute Gasteiger partial charge is 0.481 e. The predicted octanol–water partition coefficient (Wildman–Crippen LogP) is 1.69. The van der Waals surface area contributed by atoms with Gasteiger partial charge >= 0.3 is 5.97 Å². The summed E-state index contributed by atoms with van der Waals surface area (Å²) in [5.41, 5.74) is 6.91. The van der Waals surface area contributed by atoms with Gasteiger partial charge in [0.1, 0.15) is 11.6 Å². The molecule has 0 amide bonds. The van der Waals surface area contributed by atoms with E-state index in [2.05, 4.69) is 9.97 Å². The third-order valence-electron chi connectivity index (χ3n) is 2.48. The van der Waals surface area contributed by atoms with Crippen LogP contribution >= 0.6 is 0 Å². The molecule has 0 aliphatic carbocycles. The number of aromatic nitrogens is 2. The second kappa shape index (κ2) is 4.97. The molecule has 0 bridgehead atoms. The molecule has 2 aromatic rings. The van der Waals surface area contributed by atoms with Crippen LogP contribution in [0.4, 0.5) is 4.39 Å². The highest BCUT2D eigenvalue weighted by molar-refractivity contribution is 5.67. The smallest absolute Gasteiger partial charge is 0.305 e. The van der Waals surface area contributed by atoms with Gasteiger partial charge in [-0.05, 0) is 12.1 Å². The van der Waals surface area contributed by atoms with Crippen molar-refractivity contribution in [1.82, 2.24) is 9.97 Å². The molecular formula is C12H12FN3O2. The average Bonchev–Trinajstić information content (AvgIpc) is 2.77. The van der Waals surface area contributed by atoms with E-state index < -0.39 is 12.0 Å². The number of rotatable bonds is 4. The topological polar surface area (TPSA) is 92.0 Å². The zero-order valence-electron chi connectivity index (χ0n) is 9.43. The number of hydrogen-bond acceptors (Lipinski definition) is 3. The van der Waals surface area contributed by atoms with Crippen molar-refractivity contribution in [2.45, 2.75) is 12.5 Å². The van der Waals surface area contributed by atoms with Crippen LogP contribution in [0.3, 0.4) is 0 Å². The minimum absolute atomic E-state index is 0.212. The van der Waals surface area contributed by atoms with Gasteiger partial charge in [0.25, 0.3) is 0 Å². The molecule has 5 nitrogen and oxygen atoms in total. The summed E-state index contributed by atoms with van der Waals surface area (Å²) in [7, 11) is 0. The Hall–Kier alpha value is -2.21. The van der Waals surface area contributed by atoms with Gasteiger partial charge in [0.15, 0.2) is 0 Å². The van der Waals surface area contributed by atoms with Crippen molar-refractivity contribution in [3.8, 4) is 11.3 Å². The molecule has 1 atom stereocenters. The van der Waals surface area contributed by atoms with Crippen LogP contribution in [0, 0.1) is 5.82 Å². The van der Waals surface area contributed by atoms with E-state index in [-0.39, 0.29) is 12.2 Å². The number of halogens is 1. The van der Waals surface area contributed by atoms with Crippen LogP contribution in [-0.4, -0.2) is 21.0 Å². The van der Waals surface area contributed by atoms with Crippen LogP contribution in [0.5, 0.6) is 0 Å². The molecule has 0 radical (unpaired) electrons. The number of aromatic amines is 1. The zero-order chi connectivity index (χ0) is 13.1. The monoisotopic (exact) mass is 249 g/mol. The summed E-state index contributed by atoms with van der Waals surface area (Å²) in [4.78, 5) is 17.4. The quantitative estimate of drug-likeness (QED) is 0.768. The molecule has 1 heterocycles. The van der Waals surface area contributed by atoms with Gasteiger partial charge in [-0.3, -0.25) is 4.79 Å². The van der Waals surface area contributed by atoms with Gasteiger partial charge < -0.3 is 15.8 Å². The number of imidazole rings is 1. The third-order valence-corrected chi connectivity index (χ3v) is 2.48. The van der Waals surface area contributed by atoms with Crippen LogP contribution in [0.25, 0.3) is 11.3 Å². The predicted molar refractivity (Wildman–Crippen MR) is 63.2 cm³/mol. The normalized spacial score (nSPS) is 12.3. The van der Waals surface area contributed by atoms with Gasteiger partial charge in [0.2, 0.25) is 0 Å². The van der Waals surface area contributed by atoms with E-state index in [0.29, 0.717) is 17.1 Å². The van der Waals surface area contributed by atoms with Gasteiger partial charge in [-0.15, -0.1) is 0 Å². The van der Waals surface area contributed by atoms with Gasteiger partial charge in [0, 0.05) is 5.56 Å². The Labute approximate surface area is 102 Å². The molecule has 0 spiro atoms. The van der Waals surface area contributed by atoms with E-state index in [9.17, 15) is 9.18 Å². The van der Waals surface area contributed by atoms with Gasteiger partial charge in [-0.2, -0.15) is 0 Å².